The molecule has 8 nitrogen and oxygen atoms in total. The highest BCUT2D eigenvalue weighted by Gasteiger charge is 2.23. The topological polar surface area (TPSA) is 96.3 Å². The minimum Gasteiger partial charge on any atom is -0.395 e. The first kappa shape index (κ1) is 15.7. The Hall–Kier alpha value is -2.19. The summed E-state index contributed by atoms with van der Waals surface area (Å²) in [7, 11) is 2.06. The van der Waals surface area contributed by atoms with Crippen molar-refractivity contribution in [1.29, 1.82) is 0 Å². The van der Waals surface area contributed by atoms with E-state index in [0.717, 1.165) is 31.7 Å². The van der Waals surface area contributed by atoms with Crippen LogP contribution in [0.2, 0.25) is 0 Å². The van der Waals surface area contributed by atoms with Crippen LogP contribution in [-0.2, 0) is 0 Å². The van der Waals surface area contributed by atoms with Crippen LogP contribution in [0.4, 0.5) is 11.8 Å². The summed E-state index contributed by atoms with van der Waals surface area (Å²) in [5, 5.41) is 13.2. The number of nitrogens with two attached hydrogens (primary N) is 1. The molecule has 3 N–H and O–H groups in total. The molecule has 3 heterocycles. The van der Waals surface area contributed by atoms with Crippen LogP contribution in [-0.4, -0.2) is 69.1 Å². The minimum atomic E-state index is 0.201. The van der Waals surface area contributed by atoms with Gasteiger partial charge in [-0.05, 0) is 26.0 Å². The van der Waals surface area contributed by atoms with E-state index >= 15 is 0 Å². The third-order valence-corrected chi connectivity index (χ3v) is 4.32. The molecule has 0 amide bonds. The number of hydrogen-bond donors (Lipinski definition) is 2. The number of hydrogen-bond acceptors (Lipinski definition) is 7. The molecule has 0 unspecified atom stereocenters. The van der Waals surface area contributed by atoms with E-state index in [4.69, 9.17) is 10.8 Å². The molecule has 2 aromatic heterocycles. The van der Waals surface area contributed by atoms with Crippen molar-refractivity contribution < 1.29 is 5.11 Å². The number of aliphatic hydroxyl groups is 1. The molecule has 0 spiro atoms. The molecule has 0 aliphatic carbocycles. The lowest BCUT2D eigenvalue weighted by Crippen LogP contribution is -2.44. The fourth-order valence-corrected chi connectivity index (χ4v) is 3.00. The normalized spacial score (nSPS) is 16.2. The van der Waals surface area contributed by atoms with Crippen molar-refractivity contribution in [3.63, 3.8) is 0 Å². The van der Waals surface area contributed by atoms with Gasteiger partial charge in [-0.25, -0.2) is 4.68 Å². The number of aromatic nitrogens is 4. The van der Waals surface area contributed by atoms with Gasteiger partial charge in [-0.1, -0.05) is 0 Å². The van der Waals surface area contributed by atoms with Gasteiger partial charge >= 0.3 is 0 Å². The summed E-state index contributed by atoms with van der Waals surface area (Å²) in [6.07, 6.45) is 5.62. The minimum absolute atomic E-state index is 0.201. The largest absolute Gasteiger partial charge is 0.395 e. The summed E-state index contributed by atoms with van der Waals surface area (Å²) in [6.45, 7) is 2.74. The standard InChI is InChI=1S/C15H23N7O/c1-20(9-10-23)12-3-7-21(8-4-12)13-11-14(19-15(16)18-13)22-6-2-5-17-22/h2,5-6,11-12,23H,3-4,7-10H2,1H3,(H2,16,18,19). The van der Waals surface area contributed by atoms with Gasteiger partial charge in [0.1, 0.15) is 5.82 Å². The van der Waals surface area contributed by atoms with Crippen molar-refractivity contribution >= 4 is 11.8 Å². The van der Waals surface area contributed by atoms with Crippen LogP contribution >= 0.6 is 0 Å². The van der Waals surface area contributed by atoms with Crippen molar-refractivity contribution in [2.45, 2.75) is 18.9 Å². The first-order valence-corrected chi connectivity index (χ1v) is 7.88. The second kappa shape index (κ2) is 6.93. The van der Waals surface area contributed by atoms with Gasteiger partial charge in [-0.15, -0.1) is 0 Å². The first-order valence-electron chi connectivity index (χ1n) is 7.88. The number of rotatable bonds is 5. The van der Waals surface area contributed by atoms with Crippen molar-refractivity contribution in [2.24, 2.45) is 0 Å². The second-order valence-corrected chi connectivity index (χ2v) is 5.82. The molecule has 1 saturated heterocycles. The van der Waals surface area contributed by atoms with Gasteiger partial charge in [-0.2, -0.15) is 15.1 Å². The summed E-state index contributed by atoms with van der Waals surface area (Å²) < 4.78 is 1.68. The van der Waals surface area contributed by atoms with Crippen molar-refractivity contribution in [1.82, 2.24) is 24.6 Å². The van der Waals surface area contributed by atoms with Crippen LogP contribution < -0.4 is 10.6 Å². The Morgan fingerprint density at radius 1 is 1.30 bits per heavy atom. The van der Waals surface area contributed by atoms with Gasteiger partial charge in [0.15, 0.2) is 5.82 Å². The fraction of sp³-hybridized carbons (Fsp3) is 0.533. The van der Waals surface area contributed by atoms with Crippen molar-refractivity contribution in [3.8, 4) is 5.82 Å². The molecule has 0 bridgehead atoms. The maximum absolute atomic E-state index is 9.06. The second-order valence-electron chi connectivity index (χ2n) is 5.82. The highest BCUT2D eigenvalue weighted by Crippen LogP contribution is 2.22. The van der Waals surface area contributed by atoms with Crippen LogP contribution in [0.1, 0.15) is 12.8 Å². The Morgan fingerprint density at radius 2 is 2.04 bits per heavy atom. The zero-order valence-corrected chi connectivity index (χ0v) is 13.3. The molecule has 2 aromatic rings. The van der Waals surface area contributed by atoms with E-state index in [1.165, 1.54) is 0 Å². The average molecular weight is 317 g/mol. The summed E-state index contributed by atoms with van der Waals surface area (Å²) in [6, 6.07) is 4.27. The lowest BCUT2D eigenvalue weighted by Gasteiger charge is -2.37. The monoisotopic (exact) mass is 317 g/mol. The number of likely N-dealkylation sites (N-methyl/N-ethyl adjacent to an activating group) is 1. The zero-order chi connectivity index (χ0) is 16.2. The molecule has 0 aromatic carbocycles. The molecule has 1 aliphatic rings. The number of piperidine rings is 1. The Labute approximate surface area is 135 Å². The van der Waals surface area contributed by atoms with Gasteiger partial charge < -0.3 is 20.6 Å². The predicted molar refractivity (Wildman–Crippen MR) is 88.5 cm³/mol. The molecule has 23 heavy (non-hydrogen) atoms. The average Bonchev–Trinajstić information content (AvgIpc) is 3.09. The van der Waals surface area contributed by atoms with Crippen LogP contribution in [0.25, 0.3) is 5.82 Å². The summed E-state index contributed by atoms with van der Waals surface area (Å²) in [5.41, 5.74) is 5.86. The molecule has 8 heteroatoms. The van der Waals surface area contributed by atoms with Crippen molar-refractivity contribution in [3.05, 3.63) is 24.5 Å². The van der Waals surface area contributed by atoms with Gasteiger partial charge in [0.2, 0.25) is 5.95 Å². The number of nitrogen functional groups attached to an aromatic ring is 1. The van der Waals surface area contributed by atoms with Crippen molar-refractivity contribution in [2.75, 3.05) is 43.9 Å². The van der Waals surface area contributed by atoms with Crippen LogP contribution in [0, 0.1) is 0 Å². The molecule has 0 radical (unpaired) electrons. The van der Waals surface area contributed by atoms with E-state index in [1.807, 2.05) is 18.3 Å². The Kier molecular flexibility index (Phi) is 4.73. The molecule has 0 atom stereocenters. The summed E-state index contributed by atoms with van der Waals surface area (Å²) >= 11 is 0. The third kappa shape index (κ3) is 3.59. The molecular weight excluding hydrogens is 294 g/mol. The van der Waals surface area contributed by atoms with E-state index in [0.29, 0.717) is 18.4 Å². The lowest BCUT2D eigenvalue weighted by atomic mass is 10.0. The summed E-state index contributed by atoms with van der Waals surface area (Å²) in [4.78, 5) is 13.1. The van der Waals surface area contributed by atoms with Gasteiger partial charge in [0, 0.05) is 44.1 Å². The van der Waals surface area contributed by atoms with Crippen LogP contribution in [0.3, 0.4) is 0 Å². The number of anilines is 2. The van der Waals surface area contributed by atoms with E-state index in [2.05, 4.69) is 31.9 Å². The maximum Gasteiger partial charge on any atom is 0.224 e. The first-order chi connectivity index (χ1) is 11.2. The van der Waals surface area contributed by atoms with E-state index in [1.54, 1.807) is 10.9 Å². The van der Waals surface area contributed by atoms with Crippen LogP contribution in [0.15, 0.2) is 24.5 Å². The smallest absolute Gasteiger partial charge is 0.224 e. The fourth-order valence-electron chi connectivity index (χ4n) is 3.00. The van der Waals surface area contributed by atoms with Gasteiger partial charge in [-0.3, -0.25) is 0 Å². The SMILES string of the molecule is CN(CCO)C1CCN(c2cc(-n3cccn3)nc(N)n2)CC1. The Bertz CT molecular complexity index is 623. The molecule has 3 rings (SSSR count). The molecule has 1 fully saturated rings. The molecular formula is C15H23N7O. The molecule has 1 aliphatic heterocycles. The third-order valence-electron chi connectivity index (χ3n) is 4.32. The van der Waals surface area contributed by atoms with E-state index < -0.39 is 0 Å². The number of aliphatic hydroxyl groups excluding tert-OH is 1. The van der Waals surface area contributed by atoms with Gasteiger partial charge in [0.05, 0.1) is 6.61 Å². The number of nitrogens with zero attached hydrogens (tertiary/aromatic N) is 6. The lowest BCUT2D eigenvalue weighted by molar-refractivity contribution is 0.161. The van der Waals surface area contributed by atoms with E-state index in [-0.39, 0.29) is 12.6 Å². The van der Waals surface area contributed by atoms with E-state index in [9.17, 15) is 0 Å². The Morgan fingerprint density at radius 3 is 2.70 bits per heavy atom. The Balaban J connectivity index is 1.71. The highest BCUT2D eigenvalue weighted by atomic mass is 16.3. The quantitative estimate of drug-likeness (QED) is 0.809. The van der Waals surface area contributed by atoms with Gasteiger partial charge in [0.25, 0.3) is 0 Å². The maximum atomic E-state index is 9.06. The summed E-state index contributed by atoms with van der Waals surface area (Å²) in [5.74, 6) is 1.77. The predicted octanol–water partition coefficient (Wildman–Crippen LogP) is 0.137. The van der Waals surface area contributed by atoms with Crippen LogP contribution in [0.5, 0.6) is 0 Å². The zero-order valence-electron chi connectivity index (χ0n) is 13.3. The molecule has 124 valence electrons. The highest BCUT2D eigenvalue weighted by molar-refractivity contribution is 5.48. The molecule has 0 saturated carbocycles.